The summed E-state index contributed by atoms with van der Waals surface area (Å²) in [5.74, 6) is -0.0200. The second-order valence-electron chi connectivity index (χ2n) is 8.62. The Hall–Kier alpha value is -2.88. The summed E-state index contributed by atoms with van der Waals surface area (Å²) in [6.07, 6.45) is 3.25. The lowest BCUT2D eigenvalue weighted by atomic mass is 10.0. The summed E-state index contributed by atoms with van der Waals surface area (Å²) in [7, 11) is -2.22. The van der Waals surface area contributed by atoms with Gasteiger partial charge in [0.1, 0.15) is 16.7 Å². The Bertz CT molecular complexity index is 1120. The lowest BCUT2D eigenvalue weighted by Crippen LogP contribution is -2.50. The van der Waals surface area contributed by atoms with E-state index in [9.17, 15) is 18.3 Å². The topological polar surface area (TPSA) is 99.2 Å². The second-order valence-corrected chi connectivity index (χ2v) is 10.5. The van der Waals surface area contributed by atoms with Crippen LogP contribution in [0.15, 0.2) is 59.5 Å². The highest BCUT2D eigenvalue weighted by atomic mass is 32.2. The number of urea groups is 1. The molecule has 0 aliphatic carbocycles. The summed E-state index contributed by atoms with van der Waals surface area (Å²) in [6.45, 7) is 5.54. The van der Waals surface area contributed by atoms with Crippen LogP contribution in [0.25, 0.3) is 6.08 Å². The third-order valence-electron chi connectivity index (χ3n) is 5.88. The van der Waals surface area contributed by atoms with Crippen LogP contribution in [0.1, 0.15) is 26.3 Å². The van der Waals surface area contributed by atoms with Crippen LogP contribution in [0.2, 0.25) is 0 Å². The van der Waals surface area contributed by atoms with Crippen LogP contribution in [0.4, 0.5) is 10.5 Å². The Labute approximate surface area is 201 Å². The van der Waals surface area contributed by atoms with Crippen LogP contribution in [0.5, 0.6) is 5.75 Å². The predicted molar refractivity (Wildman–Crippen MR) is 133 cm³/mol. The van der Waals surface area contributed by atoms with E-state index in [0.717, 1.165) is 5.56 Å². The maximum atomic E-state index is 13.5. The number of fused-ring (bicyclic) bond motifs is 1. The van der Waals surface area contributed by atoms with Gasteiger partial charge in [0.15, 0.2) is 0 Å². The molecule has 3 rings (SSSR count). The number of nitrogens with zero attached hydrogens (tertiary/aromatic N) is 2. The summed E-state index contributed by atoms with van der Waals surface area (Å²) >= 11 is 0. The fraction of sp³-hybridized carbons (Fsp3) is 0.400. The summed E-state index contributed by atoms with van der Waals surface area (Å²) in [6, 6.07) is 13.2. The number of ether oxygens (including phenoxy) is 1. The molecule has 34 heavy (non-hydrogen) atoms. The number of hydrogen-bond donors (Lipinski definition) is 2. The van der Waals surface area contributed by atoms with E-state index >= 15 is 0 Å². The molecular formula is C25H33N3O5S. The van der Waals surface area contributed by atoms with E-state index < -0.39 is 22.2 Å². The third kappa shape index (κ3) is 5.78. The lowest BCUT2D eigenvalue weighted by Gasteiger charge is -2.37. The zero-order valence-corrected chi connectivity index (χ0v) is 20.8. The van der Waals surface area contributed by atoms with E-state index in [1.54, 1.807) is 38.2 Å². The maximum Gasteiger partial charge on any atom is 0.321 e. The molecular weight excluding hydrogens is 454 g/mol. The Morgan fingerprint density at radius 2 is 2.00 bits per heavy atom. The molecule has 3 atom stereocenters. The van der Waals surface area contributed by atoms with Gasteiger partial charge in [-0.25, -0.2) is 13.2 Å². The number of anilines is 1. The van der Waals surface area contributed by atoms with Crippen LogP contribution >= 0.6 is 0 Å². The smallest absolute Gasteiger partial charge is 0.321 e. The van der Waals surface area contributed by atoms with Gasteiger partial charge < -0.3 is 20.1 Å². The van der Waals surface area contributed by atoms with Gasteiger partial charge in [0.2, 0.25) is 10.0 Å². The van der Waals surface area contributed by atoms with Crippen molar-refractivity contribution < 1.29 is 23.1 Å². The van der Waals surface area contributed by atoms with Gasteiger partial charge in [-0.05, 0) is 43.7 Å². The van der Waals surface area contributed by atoms with Crippen molar-refractivity contribution in [1.29, 1.82) is 0 Å². The second kappa shape index (κ2) is 11.0. The Morgan fingerprint density at radius 3 is 2.65 bits per heavy atom. The van der Waals surface area contributed by atoms with Crippen molar-refractivity contribution in [3.8, 4) is 5.75 Å². The highest BCUT2D eigenvalue weighted by Gasteiger charge is 2.38. The van der Waals surface area contributed by atoms with E-state index in [-0.39, 0.29) is 42.3 Å². The molecule has 2 amide bonds. The van der Waals surface area contributed by atoms with E-state index in [1.807, 2.05) is 44.2 Å². The first-order chi connectivity index (χ1) is 16.2. The largest absolute Gasteiger partial charge is 0.487 e. The molecule has 184 valence electrons. The van der Waals surface area contributed by atoms with Crippen LogP contribution in [0.3, 0.4) is 0 Å². The molecule has 0 spiro atoms. The molecule has 9 heteroatoms. The van der Waals surface area contributed by atoms with Crippen molar-refractivity contribution >= 4 is 27.8 Å². The average Bonchev–Trinajstić information content (AvgIpc) is 2.81. The lowest BCUT2D eigenvalue weighted by molar-refractivity contribution is 0.0830. The average molecular weight is 488 g/mol. The number of benzene rings is 2. The molecule has 1 aliphatic rings. The van der Waals surface area contributed by atoms with Crippen molar-refractivity contribution in [2.75, 3.05) is 32.1 Å². The monoisotopic (exact) mass is 487 g/mol. The third-order valence-corrected chi connectivity index (χ3v) is 7.90. The molecule has 2 aromatic carbocycles. The number of rotatable bonds is 6. The zero-order valence-electron chi connectivity index (χ0n) is 20.0. The first kappa shape index (κ1) is 25.7. The number of allylic oxidation sites excluding steroid dienone is 1. The highest BCUT2D eigenvalue weighted by molar-refractivity contribution is 7.89. The minimum atomic E-state index is -3.90. The number of sulfonamides is 1. The van der Waals surface area contributed by atoms with Crippen LogP contribution in [0, 0.1) is 5.92 Å². The molecule has 0 saturated carbocycles. The molecule has 0 radical (unpaired) electrons. The number of likely N-dealkylation sites (N-methyl/N-ethyl adjacent to an activating group) is 1. The number of para-hydroxylation sites is 1. The molecule has 0 bridgehead atoms. The molecule has 0 fully saturated rings. The quantitative estimate of drug-likeness (QED) is 0.648. The number of aliphatic hydroxyl groups excluding tert-OH is 1. The fourth-order valence-corrected chi connectivity index (χ4v) is 5.68. The first-order valence-corrected chi connectivity index (χ1v) is 12.7. The van der Waals surface area contributed by atoms with Crippen LogP contribution in [-0.2, 0) is 10.0 Å². The number of nitrogens with one attached hydrogen (secondary N) is 1. The first-order valence-electron chi connectivity index (χ1n) is 11.3. The zero-order chi connectivity index (χ0) is 24.9. The number of carbonyl (C=O) groups excluding carboxylic acids is 1. The van der Waals surface area contributed by atoms with Gasteiger partial charge in [-0.3, -0.25) is 0 Å². The SMILES string of the molecule is C/C=C/c1ccc2c(c1)O[C@H](CN(C)C(=O)Nc1ccccc1)[C@H](C)CN([C@H](C)CO)S2(=O)=O. The molecule has 1 heterocycles. The summed E-state index contributed by atoms with van der Waals surface area (Å²) in [5, 5.41) is 12.6. The number of hydrogen-bond acceptors (Lipinski definition) is 5. The maximum absolute atomic E-state index is 13.5. The van der Waals surface area contributed by atoms with Gasteiger partial charge >= 0.3 is 6.03 Å². The standard InChI is InChI=1S/C25H33N3O5S/c1-5-9-20-12-13-24-22(14-20)33-23(18(2)15-28(19(3)17-29)34(24,31)32)16-27(4)25(30)26-21-10-7-6-8-11-21/h5-14,18-19,23,29H,15-17H2,1-4H3,(H,26,30)/b9-5+/t18-,19-,23-/m1/s1. The Kier molecular flexibility index (Phi) is 8.35. The molecule has 0 saturated heterocycles. The van der Waals surface area contributed by atoms with Gasteiger partial charge in [0.25, 0.3) is 0 Å². The summed E-state index contributed by atoms with van der Waals surface area (Å²) in [4.78, 5) is 14.3. The molecule has 8 nitrogen and oxygen atoms in total. The summed E-state index contributed by atoms with van der Waals surface area (Å²) in [5.41, 5.74) is 1.49. The van der Waals surface area contributed by atoms with Gasteiger partial charge in [-0.15, -0.1) is 0 Å². The predicted octanol–water partition coefficient (Wildman–Crippen LogP) is 3.65. The Morgan fingerprint density at radius 1 is 1.29 bits per heavy atom. The number of amides is 2. The van der Waals surface area contributed by atoms with Gasteiger partial charge in [-0.2, -0.15) is 4.31 Å². The van der Waals surface area contributed by atoms with Crippen molar-refractivity contribution in [1.82, 2.24) is 9.21 Å². The molecule has 1 aliphatic heterocycles. The normalized spacial score (nSPS) is 21.1. The van der Waals surface area contributed by atoms with Crippen molar-refractivity contribution in [2.45, 2.75) is 37.8 Å². The van der Waals surface area contributed by atoms with Gasteiger partial charge in [0.05, 0.1) is 13.2 Å². The van der Waals surface area contributed by atoms with Crippen molar-refractivity contribution in [2.24, 2.45) is 5.92 Å². The minimum absolute atomic E-state index is 0.0503. The molecule has 2 aromatic rings. The van der Waals surface area contributed by atoms with E-state index in [1.165, 1.54) is 15.3 Å². The summed E-state index contributed by atoms with van der Waals surface area (Å²) < 4.78 is 34.6. The molecule has 0 unspecified atom stereocenters. The van der Waals surface area contributed by atoms with E-state index in [4.69, 9.17) is 4.74 Å². The Balaban J connectivity index is 1.94. The van der Waals surface area contributed by atoms with E-state index in [2.05, 4.69) is 5.32 Å². The van der Waals surface area contributed by atoms with Crippen molar-refractivity contribution in [3.05, 3.63) is 60.2 Å². The fourth-order valence-electron chi connectivity index (χ4n) is 3.85. The van der Waals surface area contributed by atoms with E-state index in [0.29, 0.717) is 5.69 Å². The number of carbonyl (C=O) groups is 1. The van der Waals surface area contributed by atoms with Gasteiger partial charge in [-0.1, -0.05) is 43.3 Å². The van der Waals surface area contributed by atoms with Gasteiger partial charge in [0, 0.05) is 31.2 Å². The molecule has 0 aromatic heterocycles. The van der Waals surface area contributed by atoms with Crippen molar-refractivity contribution in [3.63, 3.8) is 0 Å². The highest BCUT2D eigenvalue weighted by Crippen LogP contribution is 2.34. The molecule has 2 N–H and O–H groups in total. The minimum Gasteiger partial charge on any atom is -0.487 e. The van der Waals surface area contributed by atoms with Crippen LogP contribution in [-0.4, -0.2) is 67.7 Å². The van der Waals surface area contributed by atoms with Crippen LogP contribution < -0.4 is 10.1 Å². The number of aliphatic hydroxyl groups is 1.